The molecule has 1 aromatic rings. The summed E-state index contributed by atoms with van der Waals surface area (Å²) in [5.74, 6) is 0.580. The first-order chi connectivity index (χ1) is 14.9. The number of rotatable bonds is 18. The number of benzene rings is 1. The third-order valence-electron chi connectivity index (χ3n) is 5.10. The second-order valence-electron chi connectivity index (χ2n) is 8.05. The largest absolute Gasteiger partial charge is 0.491 e. The normalized spacial score (nSPS) is 11.8. The average Bonchev–Trinajstić information content (AvgIpc) is 2.70. The molecule has 176 valence electrons. The van der Waals surface area contributed by atoms with E-state index in [2.05, 4.69) is 5.32 Å². The number of hydrogen-bond acceptors (Lipinski definition) is 4. The van der Waals surface area contributed by atoms with E-state index < -0.39 is 16.8 Å². The summed E-state index contributed by atoms with van der Waals surface area (Å²) < 4.78 is 16.7. The van der Waals surface area contributed by atoms with E-state index in [0.717, 1.165) is 37.0 Å². The van der Waals surface area contributed by atoms with E-state index in [1.807, 2.05) is 25.1 Å². The minimum Gasteiger partial charge on any atom is -0.491 e. The monoisotopic (exact) mass is 453 g/mol. The van der Waals surface area contributed by atoms with E-state index in [1.165, 1.54) is 32.1 Å². The Morgan fingerprint density at radius 2 is 1.55 bits per heavy atom. The summed E-state index contributed by atoms with van der Waals surface area (Å²) in [6.07, 6.45) is 12.9. The van der Waals surface area contributed by atoms with E-state index in [-0.39, 0.29) is 12.3 Å². The second kappa shape index (κ2) is 16.8. The van der Waals surface area contributed by atoms with Gasteiger partial charge in [-0.25, -0.2) is 0 Å². The maximum atomic E-state index is 12.3. The molecule has 0 spiro atoms. The van der Waals surface area contributed by atoms with Crippen molar-refractivity contribution >= 4 is 28.4 Å². The fourth-order valence-corrected chi connectivity index (χ4v) is 3.99. The maximum absolute atomic E-state index is 12.3. The van der Waals surface area contributed by atoms with Gasteiger partial charge in [-0.05, 0) is 37.8 Å². The number of amides is 1. The van der Waals surface area contributed by atoms with Crippen molar-refractivity contribution in [2.75, 3.05) is 23.9 Å². The highest BCUT2D eigenvalue weighted by molar-refractivity contribution is 7.84. The van der Waals surface area contributed by atoms with Gasteiger partial charge in [0.15, 0.2) is 0 Å². The number of ether oxygens (including phenoxy) is 1. The quantitative estimate of drug-likeness (QED) is 0.288. The van der Waals surface area contributed by atoms with Gasteiger partial charge in [-0.3, -0.25) is 13.8 Å². The third kappa shape index (κ3) is 13.9. The van der Waals surface area contributed by atoms with Gasteiger partial charge in [-0.15, -0.1) is 0 Å². The van der Waals surface area contributed by atoms with Crippen molar-refractivity contribution in [2.24, 2.45) is 0 Å². The lowest BCUT2D eigenvalue weighted by atomic mass is 10.1. The van der Waals surface area contributed by atoms with Gasteiger partial charge in [-0.1, -0.05) is 57.1 Å². The number of carboxylic acid groups (broad SMARTS) is 1. The molecule has 0 aromatic heterocycles. The van der Waals surface area contributed by atoms with Crippen LogP contribution >= 0.6 is 0 Å². The molecule has 1 aromatic carbocycles. The van der Waals surface area contributed by atoms with Gasteiger partial charge in [-0.2, -0.15) is 0 Å². The summed E-state index contributed by atoms with van der Waals surface area (Å²) in [5, 5.41) is 11.7. The molecule has 2 N–H and O–H groups in total. The van der Waals surface area contributed by atoms with Crippen LogP contribution in [0.1, 0.15) is 82.6 Å². The summed E-state index contributed by atoms with van der Waals surface area (Å²) in [7, 11) is -0.661. The smallest absolute Gasteiger partial charge is 0.303 e. The number of para-hydroxylation sites is 1. The van der Waals surface area contributed by atoms with Crippen LogP contribution in [0.25, 0.3) is 0 Å². The molecule has 0 aliphatic rings. The van der Waals surface area contributed by atoms with Gasteiger partial charge in [0.05, 0.1) is 12.3 Å². The molecule has 6 nitrogen and oxygen atoms in total. The predicted molar refractivity (Wildman–Crippen MR) is 127 cm³/mol. The van der Waals surface area contributed by atoms with Crippen molar-refractivity contribution in [3.8, 4) is 5.75 Å². The highest BCUT2D eigenvalue weighted by Crippen LogP contribution is 2.29. The Kier molecular flexibility index (Phi) is 14.7. The van der Waals surface area contributed by atoms with Crippen LogP contribution in [0.2, 0.25) is 0 Å². The number of hydrogen-bond donors (Lipinski definition) is 2. The van der Waals surface area contributed by atoms with Crippen molar-refractivity contribution in [2.45, 2.75) is 84.0 Å². The summed E-state index contributed by atoms with van der Waals surface area (Å²) in [6.45, 7) is 2.21. The maximum Gasteiger partial charge on any atom is 0.303 e. The number of aryl methyl sites for hydroxylation is 1. The number of carboxylic acids is 1. The Bertz CT molecular complexity index is 693. The number of carbonyl (C=O) groups is 2. The van der Waals surface area contributed by atoms with Gasteiger partial charge in [0.2, 0.25) is 5.91 Å². The molecule has 1 rings (SSSR count). The lowest BCUT2D eigenvalue weighted by Gasteiger charge is -2.14. The summed E-state index contributed by atoms with van der Waals surface area (Å²) in [5.41, 5.74) is 1.56. The topological polar surface area (TPSA) is 92.7 Å². The molecule has 0 aliphatic carbocycles. The zero-order chi connectivity index (χ0) is 22.9. The zero-order valence-corrected chi connectivity index (χ0v) is 19.9. The summed E-state index contributed by atoms with van der Waals surface area (Å²) in [6, 6.07) is 5.60. The Morgan fingerprint density at radius 3 is 2.16 bits per heavy atom. The molecule has 1 atom stereocenters. The average molecular weight is 454 g/mol. The standard InChI is InChI=1S/C24H39NO5S/c1-20-14-12-15-21(24(20)30-18-13-17-23(27)28)25-22(26)16-10-8-6-4-3-5-7-9-11-19-31(2)29/h12,14-15H,3-11,13,16-19H2,1-2H3,(H,25,26)(H,27,28). The van der Waals surface area contributed by atoms with Crippen molar-refractivity contribution in [1.29, 1.82) is 0 Å². The van der Waals surface area contributed by atoms with Crippen molar-refractivity contribution < 1.29 is 23.6 Å². The zero-order valence-electron chi connectivity index (χ0n) is 19.1. The summed E-state index contributed by atoms with van der Waals surface area (Å²) in [4.78, 5) is 22.9. The minimum atomic E-state index is -0.840. The van der Waals surface area contributed by atoms with E-state index in [4.69, 9.17) is 9.84 Å². The molecule has 0 saturated carbocycles. The van der Waals surface area contributed by atoms with Crippen LogP contribution in [0.4, 0.5) is 5.69 Å². The van der Waals surface area contributed by atoms with Crippen LogP contribution in [-0.2, 0) is 20.4 Å². The van der Waals surface area contributed by atoms with E-state index in [0.29, 0.717) is 30.9 Å². The first-order valence-electron chi connectivity index (χ1n) is 11.4. The predicted octanol–water partition coefficient (Wildman–Crippen LogP) is 5.46. The van der Waals surface area contributed by atoms with Crippen molar-refractivity contribution in [3.63, 3.8) is 0 Å². The molecule has 1 unspecified atom stereocenters. The first kappa shape index (κ1) is 27.1. The van der Waals surface area contributed by atoms with Gasteiger partial charge in [0.25, 0.3) is 0 Å². The number of aliphatic carboxylic acids is 1. The lowest BCUT2D eigenvalue weighted by molar-refractivity contribution is -0.137. The van der Waals surface area contributed by atoms with Crippen LogP contribution in [-0.4, -0.2) is 39.8 Å². The molecule has 7 heteroatoms. The van der Waals surface area contributed by atoms with Crippen LogP contribution in [0.15, 0.2) is 18.2 Å². The molecule has 0 aliphatic heterocycles. The van der Waals surface area contributed by atoms with Crippen LogP contribution in [0.3, 0.4) is 0 Å². The number of unbranched alkanes of at least 4 members (excludes halogenated alkanes) is 8. The van der Waals surface area contributed by atoms with Crippen molar-refractivity contribution in [1.82, 2.24) is 0 Å². The third-order valence-corrected chi connectivity index (χ3v) is 5.97. The van der Waals surface area contributed by atoms with Crippen LogP contribution < -0.4 is 10.1 Å². The number of carbonyl (C=O) groups excluding carboxylic acids is 1. The molecule has 1 amide bonds. The highest BCUT2D eigenvalue weighted by atomic mass is 32.2. The fraction of sp³-hybridized carbons (Fsp3) is 0.667. The molecular formula is C24H39NO5S. The van der Waals surface area contributed by atoms with Crippen molar-refractivity contribution in [3.05, 3.63) is 23.8 Å². The fourth-order valence-electron chi connectivity index (χ4n) is 3.38. The first-order valence-corrected chi connectivity index (χ1v) is 13.2. The molecule has 0 fully saturated rings. The highest BCUT2D eigenvalue weighted by Gasteiger charge is 2.11. The van der Waals surface area contributed by atoms with Crippen LogP contribution in [0.5, 0.6) is 5.75 Å². The summed E-state index contributed by atoms with van der Waals surface area (Å²) >= 11 is 0. The Hall–Kier alpha value is -1.89. The second-order valence-corrected chi connectivity index (χ2v) is 9.61. The lowest BCUT2D eigenvalue weighted by Crippen LogP contribution is -2.13. The minimum absolute atomic E-state index is 0.0192. The number of nitrogens with one attached hydrogen (secondary N) is 1. The van der Waals surface area contributed by atoms with Crippen LogP contribution in [0, 0.1) is 6.92 Å². The van der Waals surface area contributed by atoms with Gasteiger partial charge >= 0.3 is 5.97 Å². The van der Waals surface area contributed by atoms with Gasteiger partial charge in [0, 0.05) is 35.6 Å². The van der Waals surface area contributed by atoms with Gasteiger partial charge in [0.1, 0.15) is 5.75 Å². The Morgan fingerprint density at radius 1 is 0.935 bits per heavy atom. The SMILES string of the molecule is Cc1cccc(NC(=O)CCCCCCCCCCCS(C)=O)c1OCCCC(=O)O. The molecular weight excluding hydrogens is 414 g/mol. The molecule has 0 radical (unpaired) electrons. The Labute approximate surface area is 189 Å². The Balaban J connectivity index is 2.18. The molecule has 0 heterocycles. The number of anilines is 1. The molecule has 0 bridgehead atoms. The van der Waals surface area contributed by atoms with E-state index in [9.17, 15) is 13.8 Å². The van der Waals surface area contributed by atoms with E-state index in [1.54, 1.807) is 6.26 Å². The van der Waals surface area contributed by atoms with E-state index >= 15 is 0 Å². The van der Waals surface area contributed by atoms with Gasteiger partial charge < -0.3 is 15.2 Å². The molecule has 0 saturated heterocycles. The molecule has 31 heavy (non-hydrogen) atoms.